The molecule has 3 nitrogen and oxygen atoms in total. The van der Waals surface area contributed by atoms with Crippen molar-refractivity contribution in [3.63, 3.8) is 0 Å². The van der Waals surface area contributed by atoms with Gasteiger partial charge in [0.1, 0.15) is 5.75 Å². The van der Waals surface area contributed by atoms with Crippen LogP contribution < -0.4 is 14.5 Å². The predicted molar refractivity (Wildman–Crippen MR) is 98.2 cm³/mol. The highest BCUT2D eigenvalue weighted by molar-refractivity contribution is 5.58. The zero-order valence-corrected chi connectivity index (χ0v) is 14.5. The molecule has 1 aliphatic carbocycles. The lowest BCUT2D eigenvalue weighted by Crippen LogP contribution is -3.18. The van der Waals surface area contributed by atoms with E-state index in [2.05, 4.69) is 47.4 Å². The lowest BCUT2D eigenvalue weighted by molar-refractivity contribution is -0.926. The fourth-order valence-electron chi connectivity index (χ4n) is 4.38. The van der Waals surface area contributed by atoms with Gasteiger partial charge in [0.25, 0.3) is 0 Å². The maximum Gasteiger partial charge on any atom is 0.142 e. The van der Waals surface area contributed by atoms with E-state index in [1.54, 1.807) is 23.1 Å². The summed E-state index contributed by atoms with van der Waals surface area (Å²) in [6.07, 6.45) is 3.84. The van der Waals surface area contributed by atoms with E-state index in [4.69, 9.17) is 4.74 Å². The van der Waals surface area contributed by atoms with Crippen molar-refractivity contribution in [2.24, 2.45) is 0 Å². The van der Waals surface area contributed by atoms with Gasteiger partial charge in [-0.2, -0.15) is 0 Å². The molecule has 2 aromatic rings. The van der Waals surface area contributed by atoms with Crippen molar-refractivity contribution in [3.8, 4) is 5.75 Å². The molecule has 0 saturated carbocycles. The fourth-order valence-corrected chi connectivity index (χ4v) is 4.38. The van der Waals surface area contributed by atoms with Crippen molar-refractivity contribution in [1.82, 2.24) is 0 Å². The predicted octanol–water partition coefficient (Wildman–Crippen LogP) is 1.96. The van der Waals surface area contributed by atoms with Gasteiger partial charge < -0.3 is 14.5 Å². The fraction of sp³-hybridized carbons (Fsp3) is 0.429. The Kier molecular flexibility index (Phi) is 4.44. The molecule has 0 spiro atoms. The van der Waals surface area contributed by atoms with Gasteiger partial charge in [0, 0.05) is 12.8 Å². The van der Waals surface area contributed by atoms with Crippen molar-refractivity contribution in [2.45, 2.75) is 25.3 Å². The molecular formula is C21H27N2O+. The zero-order valence-electron chi connectivity index (χ0n) is 14.5. The molecule has 1 heterocycles. The number of ether oxygens (including phenoxy) is 1. The van der Waals surface area contributed by atoms with E-state index in [9.17, 15) is 0 Å². The van der Waals surface area contributed by atoms with E-state index < -0.39 is 0 Å². The van der Waals surface area contributed by atoms with Crippen LogP contribution >= 0.6 is 0 Å². The van der Waals surface area contributed by atoms with E-state index in [-0.39, 0.29) is 0 Å². The average molecular weight is 323 g/mol. The molecule has 1 fully saturated rings. The monoisotopic (exact) mass is 323 g/mol. The van der Waals surface area contributed by atoms with Crippen LogP contribution in [0.2, 0.25) is 0 Å². The lowest BCUT2D eigenvalue weighted by atomic mass is 9.87. The van der Waals surface area contributed by atoms with E-state index in [0.29, 0.717) is 0 Å². The molecule has 0 aromatic heterocycles. The molecule has 24 heavy (non-hydrogen) atoms. The van der Waals surface area contributed by atoms with Gasteiger partial charge in [0.05, 0.1) is 45.0 Å². The molecule has 126 valence electrons. The molecule has 4 rings (SSSR count). The van der Waals surface area contributed by atoms with Crippen molar-refractivity contribution in [1.29, 1.82) is 0 Å². The van der Waals surface area contributed by atoms with Crippen molar-refractivity contribution in [2.75, 3.05) is 38.2 Å². The van der Waals surface area contributed by atoms with Crippen LogP contribution in [-0.2, 0) is 12.8 Å². The molecule has 1 N–H and O–H groups in total. The normalized spacial score (nSPS) is 21.4. The number of nitrogens with one attached hydrogen (secondary N) is 1. The summed E-state index contributed by atoms with van der Waals surface area (Å²) in [4.78, 5) is 4.27. The van der Waals surface area contributed by atoms with Gasteiger partial charge in [0.15, 0.2) is 0 Å². The van der Waals surface area contributed by atoms with Gasteiger partial charge in [-0.3, -0.25) is 0 Å². The van der Waals surface area contributed by atoms with Gasteiger partial charge in [0.2, 0.25) is 0 Å². The van der Waals surface area contributed by atoms with Crippen LogP contribution in [-0.4, -0.2) is 39.3 Å². The quantitative estimate of drug-likeness (QED) is 0.930. The highest BCUT2D eigenvalue weighted by Gasteiger charge is 2.30. The van der Waals surface area contributed by atoms with Crippen molar-refractivity contribution in [3.05, 3.63) is 59.7 Å². The Morgan fingerprint density at radius 1 is 0.958 bits per heavy atom. The number of rotatable bonds is 3. The summed E-state index contributed by atoms with van der Waals surface area (Å²) in [6.45, 7) is 4.69. The second kappa shape index (κ2) is 6.86. The maximum atomic E-state index is 5.53. The average Bonchev–Trinajstić information content (AvgIpc) is 2.67. The summed E-state index contributed by atoms with van der Waals surface area (Å²) in [5.41, 5.74) is 4.39. The second-order valence-electron chi connectivity index (χ2n) is 7.03. The van der Waals surface area contributed by atoms with Crippen LogP contribution in [0, 0.1) is 0 Å². The van der Waals surface area contributed by atoms with Crippen molar-refractivity contribution < 1.29 is 9.64 Å². The maximum absolute atomic E-state index is 5.53. The minimum Gasteiger partial charge on any atom is -0.495 e. The highest BCUT2D eigenvalue weighted by Crippen LogP contribution is 2.27. The zero-order chi connectivity index (χ0) is 16.4. The summed E-state index contributed by atoms with van der Waals surface area (Å²) in [7, 11) is 1.76. The Morgan fingerprint density at radius 3 is 2.46 bits per heavy atom. The number of methoxy groups -OCH3 is 1. The first-order valence-corrected chi connectivity index (χ1v) is 9.14. The first-order valence-electron chi connectivity index (χ1n) is 9.14. The number of benzene rings is 2. The van der Waals surface area contributed by atoms with Crippen LogP contribution in [0.1, 0.15) is 17.5 Å². The van der Waals surface area contributed by atoms with Crippen molar-refractivity contribution >= 4 is 5.69 Å². The number of aryl methyl sites for hydroxylation is 1. The van der Waals surface area contributed by atoms with Crippen LogP contribution in [0.5, 0.6) is 5.75 Å². The Balaban J connectivity index is 1.40. The number of hydrogen-bond donors (Lipinski definition) is 1. The molecule has 3 heteroatoms. The van der Waals surface area contributed by atoms with Gasteiger partial charge in [-0.05, 0) is 29.7 Å². The Morgan fingerprint density at radius 2 is 1.67 bits per heavy atom. The standard InChI is InChI=1S/C21H26N2O/c1-24-21-9-5-4-8-20(21)23-14-12-22(13-15-23)19-11-10-17-6-2-3-7-18(17)16-19/h2-9,19H,10-16H2,1H3/p+1/t19-/m0/s1. The molecular weight excluding hydrogens is 296 g/mol. The molecule has 0 bridgehead atoms. The molecule has 2 aromatic carbocycles. The van der Waals surface area contributed by atoms with Crippen LogP contribution in [0.3, 0.4) is 0 Å². The number of quaternary nitrogens is 1. The third-order valence-electron chi connectivity index (χ3n) is 5.76. The summed E-state index contributed by atoms with van der Waals surface area (Å²) in [6, 6.07) is 18.2. The smallest absolute Gasteiger partial charge is 0.142 e. The molecule has 1 atom stereocenters. The summed E-state index contributed by atoms with van der Waals surface area (Å²) in [5.74, 6) is 0.993. The van der Waals surface area contributed by atoms with E-state index in [0.717, 1.165) is 24.9 Å². The van der Waals surface area contributed by atoms with Gasteiger partial charge in [-0.1, -0.05) is 36.4 Å². The Bertz CT molecular complexity index is 692. The number of fused-ring (bicyclic) bond motifs is 1. The molecule has 0 amide bonds. The van der Waals surface area contributed by atoms with Crippen LogP contribution in [0.15, 0.2) is 48.5 Å². The third kappa shape index (κ3) is 3.01. The molecule has 2 aliphatic rings. The molecule has 0 unspecified atom stereocenters. The summed E-state index contributed by atoms with van der Waals surface area (Å²) in [5, 5.41) is 0. The minimum atomic E-state index is 0.791. The first kappa shape index (κ1) is 15.5. The highest BCUT2D eigenvalue weighted by atomic mass is 16.5. The Labute approximate surface area is 144 Å². The van der Waals surface area contributed by atoms with E-state index >= 15 is 0 Å². The first-order chi connectivity index (χ1) is 11.8. The number of nitrogens with zero attached hydrogens (tertiary/aromatic N) is 1. The SMILES string of the molecule is COc1ccccc1N1CC[NH+]([C@H]2CCc3ccccc3C2)CC1. The minimum absolute atomic E-state index is 0.791. The topological polar surface area (TPSA) is 16.9 Å². The number of piperazine rings is 1. The van der Waals surface area contributed by atoms with Crippen LogP contribution in [0.4, 0.5) is 5.69 Å². The number of para-hydroxylation sites is 2. The number of hydrogen-bond acceptors (Lipinski definition) is 2. The second-order valence-corrected chi connectivity index (χ2v) is 7.03. The molecule has 1 aliphatic heterocycles. The largest absolute Gasteiger partial charge is 0.495 e. The van der Waals surface area contributed by atoms with E-state index in [1.807, 2.05) is 6.07 Å². The summed E-state index contributed by atoms with van der Waals surface area (Å²) < 4.78 is 5.53. The van der Waals surface area contributed by atoms with Gasteiger partial charge in [-0.15, -0.1) is 0 Å². The molecule has 0 radical (unpaired) electrons. The lowest BCUT2D eigenvalue weighted by Gasteiger charge is -2.39. The number of anilines is 1. The van der Waals surface area contributed by atoms with E-state index in [1.165, 1.54) is 38.0 Å². The van der Waals surface area contributed by atoms with Gasteiger partial charge in [-0.25, -0.2) is 0 Å². The summed E-state index contributed by atoms with van der Waals surface area (Å²) >= 11 is 0. The third-order valence-corrected chi connectivity index (χ3v) is 5.76. The Hall–Kier alpha value is -2.00. The van der Waals surface area contributed by atoms with Gasteiger partial charge >= 0.3 is 0 Å². The molecule has 1 saturated heterocycles. The van der Waals surface area contributed by atoms with Crippen LogP contribution in [0.25, 0.3) is 0 Å².